The highest BCUT2D eigenvalue weighted by molar-refractivity contribution is 5.60. The number of ether oxygens (including phenoxy) is 1. The molecule has 0 saturated carbocycles. The Morgan fingerprint density at radius 3 is 2.81 bits per heavy atom. The van der Waals surface area contributed by atoms with E-state index in [1.807, 2.05) is 6.07 Å². The van der Waals surface area contributed by atoms with Gasteiger partial charge in [-0.25, -0.2) is 0 Å². The maximum absolute atomic E-state index is 9.42. The number of nitrogens with zero attached hydrogens (tertiary/aromatic N) is 2. The predicted molar refractivity (Wildman–Crippen MR) is 85.4 cm³/mol. The minimum Gasteiger partial charge on any atom is -0.383 e. The van der Waals surface area contributed by atoms with E-state index in [2.05, 4.69) is 35.3 Å². The second kappa shape index (κ2) is 8.02. The quantitative estimate of drug-likeness (QED) is 0.817. The zero-order chi connectivity index (χ0) is 15.1. The van der Waals surface area contributed by atoms with E-state index in [4.69, 9.17) is 4.74 Å². The molecule has 21 heavy (non-hydrogen) atoms. The summed E-state index contributed by atoms with van der Waals surface area (Å²) < 4.78 is 5.01. The van der Waals surface area contributed by atoms with Gasteiger partial charge in [0.15, 0.2) is 0 Å². The maximum Gasteiger partial charge on any atom is 0.101 e. The molecule has 0 bridgehead atoms. The molecule has 0 aromatic heterocycles. The first kappa shape index (κ1) is 15.8. The van der Waals surface area contributed by atoms with E-state index in [1.54, 1.807) is 7.11 Å². The normalized spacial score (nSPS) is 16.0. The van der Waals surface area contributed by atoms with Crippen molar-refractivity contribution >= 4 is 5.69 Å². The van der Waals surface area contributed by atoms with Crippen LogP contribution < -0.4 is 10.2 Å². The first-order chi connectivity index (χ1) is 10.2. The molecule has 2 rings (SSSR count). The molecule has 114 valence electrons. The lowest BCUT2D eigenvalue weighted by atomic mass is 9.97. The van der Waals surface area contributed by atoms with E-state index < -0.39 is 0 Å². The fraction of sp³-hybridized carbons (Fsp3) is 0.588. The van der Waals surface area contributed by atoms with E-state index in [9.17, 15) is 5.26 Å². The van der Waals surface area contributed by atoms with Gasteiger partial charge in [0.25, 0.3) is 0 Å². The van der Waals surface area contributed by atoms with Gasteiger partial charge in [0.1, 0.15) is 6.07 Å². The van der Waals surface area contributed by atoms with Crippen LogP contribution in [-0.4, -0.2) is 33.4 Å². The molecule has 1 aromatic carbocycles. The van der Waals surface area contributed by atoms with Gasteiger partial charge < -0.3 is 15.0 Å². The zero-order valence-corrected chi connectivity index (χ0v) is 13.1. The average Bonchev–Trinajstić information content (AvgIpc) is 2.52. The second-order valence-corrected chi connectivity index (χ2v) is 5.80. The SMILES string of the molecule is COCCNCc1ccc(N2CCC(C)CC2)c(C#N)c1. The molecule has 4 nitrogen and oxygen atoms in total. The fourth-order valence-corrected chi connectivity index (χ4v) is 2.71. The van der Waals surface area contributed by atoms with Crippen LogP contribution in [0.25, 0.3) is 0 Å². The molecule has 1 saturated heterocycles. The van der Waals surface area contributed by atoms with Gasteiger partial charge in [-0.1, -0.05) is 13.0 Å². The summed E-state index contributed by atoms with van der Waals surface area (Å²) >= 11 is 0. The van der Waals surface area contributed by atoms with Crippen molar-refractivity contribution in [2.45, 2.75) is 26.3 Å². The van der Waals surface area contributed by atoms with Crippen molar-refractivity contribution in [3.63, 3.8) is 0 Å². The third-order valence-corrected chi connectivity index (χ3v) is 4.12. The summed E-state index contributed by atoms with van der Waals surface area (Å²) in [4.78, 5) is 2.35. The highest BCUT2D eigenvalue weighted by Crippen LogP contribution is 2.26. The Kier molecular flexibility index (Phi) is 6.04. The second-order valence-electron chi connectivity index (χ2n) is 5.80. The summed E-state index contributed by atoms with van der Waals surface area (Å²) in [6.07, 6.45) is 2.43. The molecule has 1 heterocycles. The number of piperidine rings is 1. The highest BCUT2D eigenvalue weighted by atomic mass is 16.5. The van der Waals surface area contributed by atoms with Crippen molar-refractivity contribution in [3.8, 4) is 6.07 Å². The molecule has 1 aromatic rings. The topological polar surface area (TPSA) is 48.3 Å². The number of hydrogen-bond donors (Lipinski definition) is 1. The third-order valence-electron chi connectivity index (χ3n) is 4.12. The Morgan fingerprint density at radius 1 is 1.38 bits per heavy atom. The van der Waals surface area contributed by atoms with E-state index in [1.165, 1.54) is 12.8 Å². The number of nitriles is 1. The van der Waals surface area contributed by atoms with Crippen LogP contribution in [0, 0.1) is 17.2 Å². The van der Waals surface area contributed by atoms with Crippen molar-refractivity contribution in [1.82, 2.24) is 5.32 Å². The predicted octanol–water partition coefficient (Wildman–Crippen LogP) is 2.53. The van der Waals surface area contributed by atoms with Crippen molar-refractivity contribution in [1.29, 1.82) is 5.26 Å². The summed E-state index contributed by atoms with van der Waals surface area (Å²) in [6.45, 7) is 6.72. The number of methoxy groups -OCH3 is 1. The molecule has 0 amide bonds. The van der Waals surface area contributed by atoms with E-state index in [-0.39, 0.29) is 0 Å². The van der Waals surface area contributed by atoms with Gasteiger partial charge in [-0.2, -0.15) is 5.26 Å². The Bertz CT molecular complexity index is 487. The van der Waals surface area contributed by atoms with Gasteiger partial charge in [0.05, 0.1) is 17.9 Å². The fourth-order valence-electron chi connectivity index (χ4n) is 2.71. The van der Waals surface area contributed by atoms with Crippen molar-refractivity contribution in [2.75, 3.05) is 38.3 Å². The van der Waals surface area contributed by atoms with E-state index >= 15 is 0 Å². The van der Waals surface area contributed by atoms with Crippen LogP contribution in [0.5, 0.6) is 0 Å². The third kappa shape index (κ3) is 4.45. The number of rotatable bonds is 6. The number of benzene rings is 1. The molecule has 1 fully saturated rings. The molecule has 0 aliphatic carbocycles. The summed E-state index contributed by atoms with van der Waals surface area (Å²) in [5.41, 5.74) is 3.03. The lowest BCUT2D eigenvalue weighted by Crippen LogP contribution is -2.33. The molecule has 1 N–H and O–H groups in total. The van der Waals surface area contributed by atoms with Crippen LogP contribution in [0.15, 0.2) is 18.2 Å². The average molecular weight is 287 g/mol. The minimum absolute atomic E-state index is 0.704. The number of hydrogen-bond acceptors (Lipinski definition) is 4. The molecule has 1 aliphatic rings. The molecule has 0 radical (unpaired) electrons. The molecule has 0 spiro atoms. The van der Waals surface area contributed by atoms with Crippen LogP contribution in [-0.2, 0) is 11.3 Å². The van der Waals surface area contributed by atoms with Gasteiger partial charge in [-0.3, -0.25) is 0 Å². The monoisotopic (exact) mass is 287 g/mol. The standard InChI is InChI=1S/C17H25N3O/c1-14-5-8-20(9-6-14)17-4-3-15(11-16(17)12-18)13-19-7-10-21-2/h3-4,11,14,19H,5-10,13H2,1-2H3. The number of nitrogens with one attached hydrogen (secondary N) is 1. The Labute approximate surface area is 127 Å². The number of anilines is 1. The summed E-state index contributed by atoms with van der Waals surface area (Å²) in [5, 5.41) is 12.7. The minimum atomic E-state index is 0.704. The van der Waals surface area contributed by atoms with Crippen LogP contribution in [0.4, 0.5) is 5.69 Å². The largest absolute Gasteiger partial charge is 0.383 e. The van der Waals surface area contributed by atoms with Gasteiger partial charge in [0, 0.05) is 33.3 Å². The molecule has 0 atom stereocenters. The summed E-state index contributed by atoms with van der Waals surface area (Å²) in [7, 11) is 1.70. The maximum atomic E-state index is 9.42. The first-order valence-electron chi connectivity index (χ1n) is 7.72. The Hall–Kier alpha value is -1.57. The lowest BCUT2D eigenvalue weighted by Gasteiger charge is -2.32. The van der Waals surface area contributed by atoms with Gasteiger partial charge >= 0.3 is 0 Å². The van der Waals surface area contributed by atoms with Crippen molar-refractivity contribution < 1.29 is 4.74 Å². The van der Waals surface area contributed by atoms with Gasteiger partial charge in [0.2, 0.25) is 0 Å². The lowest BCUT2D eigenvalue weighted by molar-refractivity contribution is 0.199. The molecule has 4 heteroatoms. The van der Waals surface area contributed by atoms with Crippen LogP contribution in [0.3, 0.4) is 0 Å². The van der Waals surface area contributed by atoms with Crippen LogP contribution in [0.2, 0.25) is 0 Å². The first-order valence-corrected chi connectivity index (χ1v) is 7.72. The Morgan fingerprint density at radius 2 is 2.14 bits per heavy atom. The van der Waals surface area contributed by atoms with E-state index in [0.29, 0.717) is 6.61 Å². The van der Waals surface area contributed by atoms with Crippen molar-refractivity contribution in [2.24, 2.45) is 5.92 Å². The molecular weight excluding hydrogens is 262 g/mol. The molecule has 0 unspecified atom stereocenters. The van der Waals surface area contributed by atoms with Crippen LogP contribution >= 0.6 is 0 Å². The Balaban J connectivity index is 2.01. The van der Waals surface area contributed by atoms with Crippen LogP contribution in [0.1, 0.15) is 30.9 Å². The summed E-state index contributed by atoms with van der Waals surface area (Å²) in [5.74, 6) is 0.802. The van der Waals surface area contributed by atoms with Gasteiger partial charge in [-0.05, 0) is 36.5 Å². The highest BCUT2D eigenvalue weighted by Gasteiger charge is 2.18. The molecular formula is C17H25N3O. The summed E-state index contributed by atoms with van der Waals surface area (Å²) in [6, 6.07) is 8.58. The zero-order valence-electron chi connectivity index (χ0n) is 13.1. The van der Waals surface area contributed by atoms with Gasteiger partial charge in [-0.15, -0.1) is 0 Å². The molecule has 1 aliphatic heterocycles. The van der Waals surface area contributed by atoms with E-state index in [0.717, 1.165) is 48.9 Å². The van der Waals surface area contributed by atoms with Crippen molar-refractivity contribution in [3.05, 3.63) is 29.3 Å². The smallest absolute Gasteiger partial charge is 0.101 e.